The lowest BCUT2D eigenvalue weighted by atomic mass is 10.1. The van der Waals surface area contributed by atoms with Crippen LogP contribution >= 0.6 is 0 Å². The lowest BCUT2D eigenvalue weighted by Crippen LogP contribution is -2.00. The maximum absolute atomic E-state index is 6.24. The molecule has 0 aliphatic carbocycles. The molecule has 0 amide bonds. The molecule has 0 fully saturated rings. The molecule has 0 spiro atoms. The lowest BCUT2D eigenvalue weighted by molar-refractivity contribution is 0.415. The Labute approximate surface area is 163 Å². The molecule has 4 rings (SSSR count). The van der Waals surface area contributed by atoms with Gasteiger partial charge in [0.25, 0.3) is 0 Å². The van der Waals surface area contributed by atoms with Crippen molar-refractivity contribution >= 4 is 12.2 Å². The highest BCUT2D eigenvalue weighted by atomic mass is 16.5. The van der Waals surface area contributed by atoms with E-state index < -0.39 is 0 Å². The fraction of sp³-hybridized carbons (Fsp3) is 0.0435. The molecule has 0 saturated heterocycles. The first-order chi connectivity index (χ1) is 13.8. The average molecular weight is 368 g/mol. The second-order valence-electron chi connectivity index (χ2n) is 6.23. The maximum Gasteiger partial charge on any atom is 0.222 e. The van der Waals surface area contributed by atoms with E-state index >= 15 is 0 Å². The Kier molecular flexibility index (Phi) is 4.89. The van der Waals surface area contributed by atoms with Crippen molar-refractivity contribution in [2.75, 3.05) is 12.8 Å². The standard InChI is InChI=1S/C23H20N4O/c1-28-20-14-12-17(13-15-20)16-25-27-22(19-10-6-3-7-11-19)21(26-23(27)24)18-8-4-2-5-9-18/h2-16H,1H3,(H2,24,26)/b25-16+. The molecule has 5 heteroatoms. The first-order valence-corrected chi connectivity index (χ1v) is 8.94. The third kappa shape index (κ3) is 3.50. The van der Waals surface area contributed by atoms with E-state index in [-0.39, 0.29) is 0 Å². The molecule has 0 aliphatic rings. The van der Waals surface area contributed by atoms with Crippen LogP contribution in [0.5, 0.6) is 5.75 Å². The van der Waals surface area contributed by atoms with Crippen LogP contribution in [0.1, 0.15) is 5.56 Å². The van der Waals surface area contributed by atoms with Crippen molar-refractivity contribution in [3.8, 4) is 28.3 Å². The van der Waals surface area contributed by atoms with Crippen LogP contribution in [0.25, 0.3) is 22.5 Å². The molecule has 28 heavy (non-hydrogen) atoms. The van der Waals surface area contributed by atoms with Crippen molar-refractivity contribution in [3.05, 3.63) is 90.5 Å². The smallest absolute Gasteiger partial charge is 0.222 e. The summed E-state index contributed by atoms with van der Waals surface area (Å²) >= 11 is 0. The summed E-state index contributed by atoms with van der Waals surface area (Å²) in [5.74, 6) is 1.14. The molecule has 0 aliphatic heterocycles. The van der Waals surface area contributed by atoms with Gasteiger partial charge in [0.1, 0.15) is 17.1 Å². The summed E-state index contributed by atoms with van der Waals surface area (Å²) in [6.07, 6.45) is 1.76. The van der Waals surface area contributed by atoms with Crippen LogP contribution in [0.4, 0.5) is 5.95 Å². The highest BCUT2D eigenvalue weighted by Gasteiger charge is 2.18. The van der Waals surface area contributed by atoms with Gasteiger partial charge in [-0.05, 0) is 29.8 Å². The largest absolute Gasteiger partial charge is 0.497 e. The van der Waals surface area contributed by atoms with E-state index in [0.29, 0.717) is 5.95 Å². The van der Waals surface area contributed by atoms with Gasteiger partial charge in [-0.3, -0.25) is 0 Å². The molecule has 0 saturated carbocycles. The van der Waals surface area contributed by atoms with E-state index in [1.54, 1.807) is 18.0 Å². The van der Waals surface area contributed by atoms with Crippen LogP contribution in [0, 0.1) is 0 Å². The summed E-state index contributed by atoms with van der Waals surface area (Å²) in [6, 6.07) is 27.7. The van der Waals surface area contributed by atoms with Crippen molar-refractivity contribution in [3.63, 3.8) is 0 Å². The minimum atomic E-state index is 0.336. The maximum atomic E-state index is 6.24. The van der Waals surface area contributed by atoms with Gasteiger partial charge in [-0.1, -0.05) is 60.7 Å². The predicted molar refractivity (Wildman–Crippen MR) is 113 cm³/mol. The van der Waals surface area contributed by atoms with Crippen LogP contribution in [-0.4, -0.2) is 23.0 Å². The zero-order valence-electron chi connectivity index (χ0n) is 15.5. The highest BCUT2D eigenvalue weighted by Crippen LogP contribution is 2.33. The Morgan fingerprint density at radius 1 is 0.857 bits per heavy atom. The molecular weight excluding hydrogens is 348 g/mol. The minimum absolute atomic E-state index is 0.336. The second-order valence-corrected chi connectivity index (χ2v) is 6.23. The van der Waals surface area contributed by atoms with Crippen LogP contribution < -0.4 is 10.5 Å². The van der Waals surface area contributed by atoms with Crippen molar-refractivity contribution in [2.45, 2.75) is 0 Å². The highest BCUT2D eigenvalue weighted by molar-refractivity contribution is 5.83. The number of anilines is 1. The molecule has 3 aromatic carbocycles. The fourth-order valence-corrected chi connectivity index (χ4v) is 3.01. The van der Waals surface area contributed by atoms with E-state index in [4.69, 9.17) is 10.5 Å². The molecule has 0 radical (unpaired) electrons. The molecule has 0 bridgehead atoms. The van der Waals surface area contributed by atoms with E-state index in [1.165, 1.54) is 0 Å². The van der Waals surface area contributed by atoms with Crippen molar-refractivity contribution < 1.29 is 4.74 Å². The first kappa shape index (κ1) is 17.5. The second kappa shape index (κ2) is 7.80. The number of ether oxygens (including phenoxy) is 1. The molecule has 5 nitrogen and oxygen atoms in total. The monoisotopic (exact) mass is 368 g/mol. The molecule has 0 unspecified atom stereocenters. The van der Waals surface area contributed by atoms with Gasteiger partial charge in [-0.25, -0.2) is 4.98 Å². The third-order valence-electron chi connectivity index (χ3n) is 4.41. The van der Waals surface area contributed by atoms with Gasteiger partial charge in [0, 0.05) is 11.1 Å². The number of nitrogen functional groups attached to an aromatic ring is 1. The number of hydrogen-bond donors (Lipinski definition) is 1. The first-order valence-electron chi connectivity index (χ1n) is 8.94. The Bertz CT molecular complexity index is 1080. The van der Waals surface area contributed by atoms with Gasteiger partial charge in [-0.2, -0.15) is 9.78 Å². The summed E-state index contributed by atoms with van der Waals surface area (Å²) in [5.41, 5.74) is 10.8. The normalized spacial score (nSPS) is 11.0. The van der Waals surface area contributed by atoms with Crippen LogP contribution in [0.15, 0.2) is 90.0 Å². The molecule has 138 valence electrons. The van der Waals surface area contributed by atoms with Gasteiger partial charge in [0.15, 0.2) is 0 Å². The van der Waals surface area contributed by atoms with Crippen LogP contribution in [0.3, 0.4) is 0 Å². The number of imidazole rings is 1. The third-order valence-corrected chi connectivity index (χ3v) is 4.41. The van der Waals surface area contributed by atoms with Crippen LogP contribution in [-0.2, 0) is 0 Å². The number of benzene rings is 3. The Hall–Kier alpha value is -3.86. The zero-order valence-corrected chi connectivity index (χ0v) is 15.5. The van der Waals surface area contributed by atoms with Gasteiger partial charge in [0.05, 0.1) is 13.3 Å². The Morgan fingerprint density at radius 3 is 2.07 bits per heavy atom. The fourth-order valence-electron chi connectivity index (χ4n) is 3.01. The summed E-state index contributed by atoms with van der Waals surface area (Å²) in [7, 11) is 1.65. The van der Waals surface area contributed by atoms with Crippen LogP contribution in [0.2, 0.25) is 0 Å². The number of methoxy groups -OCH3 is 1. The zero-order chi connectivity index (χ0) is 19.3. The Balaban J connectivity index is 1.82. The number of aromatic nitrogens is 2. The number of hydrogen-bond acceptors (Lipinski definition) is 4. The summed E-state index contributed by atoms with van der Waals surface area (Å²) in [4.78, 5) is 4.60. The van der Waals surface area contributed by atoms with Crippen molar-refractivity contribution in [1.29, 1.82) is 0 Å². The minimum Gasteiger partial charge on any atom is -0.497 e. The molecule has 4 aromatic rings. The quantitative estimate of drug-likeness (QED) is 0.520. The SMILES string of the molecule is COc1ccc(/C=N/n2c(N)nc(-c3ccccc3)c2-c2ccccc2)cc1. The van der Waals surface area contributed by atoms with E-state index in [1.807, 2.05) is 84.9 Å². The summed E-state index contributed by atoms with van der Waals surface area (Å²) in [5, 5.41) is 4.62. The molecular formula is C23H20N4O. The van der Waals surface area contributed by atoms with E-state index in [9.17, 15) is 0 Å². The average Bonchev–Trinajstić information content (AvgIpc) is 3.10. The summed E-state index contributed by atoms with van der Waals surface area (Å²) in [6.45, 7) is 0. The number of nitrogens with two attached hydrogens (primary N) is 1. The molecule has 2 N–H and O–H groups in total. The number of nitrogens with zero attached hydrogens (tertiary/aromatic N) is 3. The van der Waals surface area contributed by atoms with Gasteiger partial charge in [0.2, 0.25) is 5.95 Å². The lowest BCUT2D eigenvalue weighted by Gasteiger charge is -2.07. The number of rotatable bonds is 5. The van der Waals surface area contributed by atoms with E-state index in [2.05, 4.69) is 10.1 Å². The topological polar surface area (TPSA) is 65.4 Å². The Morgan fingerprint density at radius 2 is 1.46 bits per heavy atom. The molecule has 1 heterocycles. The summed E-state index contributed by atoms with van der Waals surface area (Å²) < 4.78 is 6.88. The van der Waals surface area contributed by atoms with Gasteiger partial charge < -0.3 is 10.5 Å². The molecule has 0 atom stereocenters. The predicted octanol–water partition coefficient (Wildman–Crippen LogP) is 4.69. The van der Waals surface area contributed by atoms with E-state index in [0.717, 1.165) is 33.8 Å². The molecule has 1 aromatic heterocycles. The van der Waals surface area contributed by atoms with Gasteiger partial charge >= 0.3 is 0 Å². The van der Waals surface area contributed by atoms with Gasteiger partial charge in [-0.15, -0.1) is 0 Å². The van der Waals surface area contributed by atoms with Crippen molar-refractivity contribution in [2.24, 2.45) is 5.10 Å². The van der Waals surface area contributed by atoms with Crippen molar-refractivity contribution in [1.82, 2.24) is 9.66 Å².